The normalized spacial score (nSPS) is 14.6. The molecule has 1 aromatic carbocycles. The molecule has 6 heteroatoms. The first kappa shape index (κ1) is 15.5. The van der Waals surface area contributed by atoms with Gasteiger partial charge in [-0.1, -0.05) is 24.8 Å². The molecule has 2 aromatic heterocycles. The number of pyridine rings is 1. The van der Waals surface area contributed by atoms with Crippen LogP contribution in [0.5, 0.6) is 5.75 Å². The fourth-order valence-electron chi connectivity index (χ4n) is 2.90. The van der Waals surface area contributed by atoms with E-state index in [-0.39, 0.29) is 5.75 Å². The minimum absolute atomic E-state index is 0.187. The molecule has 0 aliphatic carbocycles. The largest absolute Gasteiger partial charge is 0.508 e. The van der Waals surface area contributed by atoms with Gasteiger partial charge in [0.25, 0.3) is 0 Å². The highest BCUT2D eigenvalue weighted by atomic mass is 16.5. The van der Waals surface area contributed by atoms with Crippen molar-refractivity contribution in [3.05, 3.63) is 48.7 Å². The molecule has 1 saturated heterocycles. The maximum Gasteiger partial charge on any atom is 0.162 e. The molecule has 0 spiro atoms. The molecule has 6 nitrogen and oxygen atoms in total. The van der Waals surface area contributed by atoms with Crippen molar-refractivity contribution in [3.63, 3.8) is 0 Å². The lowest BCUT2D eigenvalue weighted by Crippen LogP contribution is -2.37. The molecule has 0 bridgehead atoms. The summed E-state index contributed by atoms with van der Waals surface area (Å²) >= 11 is 0. The fourth-order valence-corrected chi connectivity index (χ4v) is 2.90. The zero-order valence-electron chi connectivity index (χ0n) is 13.7. The second-order valence-electron chi connectivity index (χ2n) is 5.86. The van der Waals surface area contributed by atoms with Gasteiger partial charge in [-0.05, 0) is 23.8 Å². The summed E-state index contributed by atoms with van der Waals surface area (Å²) in [5, 5.41) is 9.78. The maximum atomic E-state index is 9.78. The van der Waals surface area contributed by atoms with Crippen molar-refractivity contribution < 1.29 is 9.84 Å². The van der Waals surface area contributed by atoms with Crippen LogP contribution in [0.3, 0.4) is 0 Å². The summed E-state index contributed by atoms with van der Waals surface area (Å²) in [5.74, 6) is 1.54. The van der Waals surface area contributed by atoms with E-state index in [2.05, 4.69) is 21.4 Å². The Morgan fingerprint density at radius 1 is 1.16 bits per heavy atom. The van der Waals surface area contributed by atoms with Crippen LogP contribution in [0.2, 0.25) is 0 Å². The molecule has 0 unspecified atom stereocenters. The van der Waals surface area contributed by atoms with Crippen LogP contribution < -0.4 is 4.90 Å². The van der Waals surface area contributed by atoms with Crippen LogP contribution in [0.4, 0.5) is 5.82 Å². The van der Waals surface area contributed by atoms with Crippen LogP contribution in [-0.2, 0) is 4.74 Å². The molecule has 3 aromatic rings. The lowest BCUT2D eigenvalue weighted by molar-refractivity contribution is 0.122. The van der Waals surface area contributed by atoms with E-state index in [1.165, 1.54) is 0 Å². The van der Waals surface area contributed by atoms with Crippen LogP contribution in [-0.4, -0.2) is 46.4 Å². The highest BCUT2D eigenvalue weighted by molar-refractivity contribution is 5.88. The standard InChI is InChI=1S/C19H18N4O2/c1-2-13-10-16-17(20-12-13)19(23-6-8-25-9-7-23)22-18(21-16)14-4-3-5-15(24)11-14/h2-5,10-12,24H,1,6-9H2. The number of phenolic OH excluding ortho intramolecular Hbond substituents is 1. The Labute approximate surface area is 145 Å². The third kappa shape index (κ3) is 3.04. The van der Waals surface area contributed by atoms with E-state index in [1.807, 2.05) is 12.1 Å². The number of phenols is 1. The van der Waals surface area contributed by atoms with Gasteiger partial charge in [-0.3, -0.25) is 4.98 Å². The predicted octanol–water partition coefficient (Wildman–Crippen LogP) is 2.88. The van der Waals surface area contributed by atoms with E-state index in [1.54, 1.807) is 30.5 Å². The molecule has 0 atom stereocenters. The molecule has 4 rings (SSSR count). The first-order valence-corrected chi connectivity index (χ1v) is 8.17. The molecule has 1 N–H and O–H groups in total. The number of fused-ring (bicyclic) bond motifs is 1. The Morgan fingerprint density at radius 2 is 2.00 bits per heavy atom. The minimum atomic E-state index is 0.187. The Morgan fingerprint density at radius 3 is 2.76 bits per heavy atom. The third-order valence-electron chi connectivity index (χ3n) is 4.19. The number of aromatic hydroxyl groups is 1. The van der Waals surface area contributed by atoms with Crippen molar-refractivity contribution in [3.8, 4) is 17.1 Å². The monoisotopic (exact) mass is 334 g/mol. The van der Waals surface area contributed by atoms with E-state index in [0.717, 1.165) is 41.1 Å². The molecule has 1 aliphatic heterocycles. The Bertz CT molecular complexity index is 936. The van der Waals surface area contributed by atoms with Gasteiger partial charge in [-0.2, -0.15) is 0 Å². The highest BCUT2D eigenvalue weighted by Gasteiger charge is 2.19. The maximum absolute atomic E-state index is 9.78. The summed E-state index contributed by atoms with van der Waals surface area (Å²) in [5.41, 5.74) is 3.19. The molecular weight excluding hydrogens is 316 g/mol. The predicted molar refractivity (Wildman–Crippen MR) is 97.6 cm³/mol. The molecule has 1 aliphatic rings. The van der Waals surface area contributed by atoms with Gasteiger partial charge in [0.05, 0.1) is 18.7 Å². The fraction of sp³-hybridized carbons (Fsp3) is 0.211. The van der Waals surface area contributed by atoms with Gasteiger partial charge in [0, 0.05) is 24.8 Å². The van der Waals surface area contributed by atoms with Gasteiger partial charge in [0.1, 0.15) is 11.3 Å². The molecule has 0 saturated carbocycles. The zero-order valence-corrected chi connectivity index (χ0v) is 13.7. The average Bonchev–Trinajstić information content (AvgIpc) is 2.67. The number of hydrogen-bond acceptors (Lipinski definition) is 6. The Balaban J connectivity index is 1.92. The smallest absolute Gasteiger partial charge is 0.162 e. The van der Waals surface area contributed by atoms with E-state index in [4.69, 9.17) is 9.72 Å². The number of anilines is 1. The SMILES string of the molecule is C=Cc1cnc2c(N3CCOCC3)nc(-c3cccc(O)c3)nc2c1. The van der Waals surface area contributed by atoms with Crippen molar-refractivity contribution in [2.45, 2.75) is 0 Å². The number of hydrogen-bond donors (Lipinski definition) is 1. The molecule has 0 amide bonds. The summed E-state index contributed by atoms with van der Waals surface area (Å²) in [6.45, 7) is 6.65. The number of ether oxygens (including phenoxy) is 1. The van der Waals surface area contributed by atoms with Crippen molar-refractivity contribution in [2.24, 2.45) is 0 Å². The molecule has 0 radical (unpaired) electrons. The van der Waals surface area contributed by atoms with Crippen LogP contribution in [0.15, 0.2) is 43.1 Å². The summed E-state index contributed by atoms with van der Waals surface area (Å²) in [4.78, 5) is 16.1. The molecular formula is C19H18N4O2. The third-order valence-corrected chi connectivity index (χ3v) is 4.19. The second-order valence-corrected chi connectivity index (χ2v) is 5.86. The molecule has 126 valence electrons. The van der Waals surface area contributed by atoms with Crippen LogP contribution in [0.25, 0.3) is 28.5 Å². The first-order chi connectivity index (χ1) is 12.2. The number of rotatable bonds is 3. The molecule has 3 heterocycles. The van der Waals surface area contributed by atoms with Crippen LogP contribution >= 0.6 is 0 Å². The summed E-state index contributed by atoms with van der Waals surface area (Å²) < 4.78 is 5.45. The van der Waals surface area contributed by atoms with Gasteiger partial charge in [0.2, 0.25) is 0 Å². The van der Waals surface area contributed by atoms with E-state index in [0.29, 0.717) is 19.0 Å². The number of benzene rings is 1. The van der Waals surface area contributed by atoms with Crippen molar-refractivity contribution in [1.29, 1.82) is 0 Å². The van der Waals surface area contributed by atoms with Crippen molar-refractivity contribution >= 4 is 22.9 Å². The lowest BCUT2D eigenvalue weighted by Gasteiger charge is -2.28. The van der Waals surface area contributed by atoms with Crippen molar-refractivity contribution in [1.82, 2.24) is 15.0 Å². The van der Waals surface area contributed by atoms with Crippen LogP contribution in [0, 0.1) is 0 Å². The number of morpholine rings is 1. The van der Waals surface area contributed by atoms with Gasteiger partial charge in [-0.25, -0.2) is 9.97 Å². The summed E-state index contributed by atoms with van der Waals surface area (Å²) in [6.07, 6.45) is 3.52. The van der Waals surface area contributed by atoms with Crippen molar-refractivity contribution in [2.75, 3.05) is 31.2 Å². The minimum Gasteiger partial charge on any atom is -0.508 e. The van der Waals surface area contributed by atoms with Crippen LogP contribution in [0.1, 0.15) is 5.56 Å². The molecule has 1 fully saturated rings. The average molecular weight is 334 g/mol. The zero-order chi connectivity index (χ0) is 17.2. The topological polar surface area (TPSA) is 71.4 Å². The Hall–Kier alpha value is -2.99. The number of nitrogens with zero attached hydrogens (tertiary/aromatic N) is 4. The summed E-state index contributed by atoms with van der Waals surface area (Å²) in [6, 6.07) is 8.91. The first-order valence-electron chi connectivity index (χ1n) is 8.17. The van der Waals surface area contributed by atoms with Gasteiger partial charge in [-0.15, -0.1) is 0 Å². The van der Waals surface area contributed by atoms with E-state index < -0.39 is 0 Å². The van der Waals surface area contributed by atoms with E-state index >= 15 is 0 Å². The number of aromatic nitrogens is 3. The molecule has 25 heavy (non-hydrogen) atoms. The van der Waals surface area contributed by atoms with Gasteiger partial charge >= 0.3 is 0 Å². The highest BCUT2D eigenvalue weighted by Crippen LogP contribution is 2.28. The quantitative estimate of drug-likeness (QED) is 0.794. The van der Waals surface area contributed by atoms with Gasteiger partial charge in [0.15, 0.2) is 11.6 Å². The lowest BCUT2D eigenvalue weighted by atomic mass is 10.2. The van der Waals surface area contributed by atoms with E-state index in [9.17, 15) is 5.11 Å². The van der Waals surface area contributed by atoms with Gasteiger partial charge < -0.3 is 14.7 Å². The Kier molecular flexibility index (Phi) is 4.03. The summed E-state index contributed by atoms with van der Waals surface area (Å²) in [7, 11) is 0. The second kappa shape index (κ2) is 6.49.